The molecular formula is C13H4Cl6. The van der Waals surface area contributed by atoms with Gasteiger partial charge in [0, 0.05) is 41.3 Å². The first-order valence-corrected chi connectivity index (χ1v) is 7.21. The Labute approximate surface area is 141 Å². The maximum atomic E-state index is 6.08. The Morgan fingerprint density at radius 2 is 0.789 bits per heavy atom. The Bertz CT molecular complexity index is 534. The van der Waals surface area contributed by atoms with Crippen LogP contribution in [0.15, 0.2) is 24.3 Å². The predicted octanol–water partition coefficient (Wildman–Crippen LogP) is 7.08. The quantitative estimate of drug-likeness (QED) is 0.528. The second-order valence-electron chi connectivity index (χ2n) is 3.61. The molecule has 0 heterocycles. The van der Waals surface area contributed by atoms with Crippen molar-refractivity contribution in [2.75, 3.05) is 0 Å². The number of hydrogen-bond donors (Lipinski definition) is 0. The summed E-state index contributed by atoms with van der Waals surface area (Å²) in [7, 11) is 0. The Balaban J connectivity index is 2.48. The molecule has 0 spiro atoms. The van der Waals surface area contributed by atoms with Crippen LogP contribution in [0, 0.1) is 6.42 Å². The summed E-state index contributed by atoms with van der Waals surface area (Å²) in [6.07, 6.45) is 2.99. The zero-order valence-corrected chi connectivity index (χ0v) is 13.6. The molecule has 0 bridgehead atoms. The summed E-state index contributed by atoms with van der Waals surface area (Å²) in [5.74, 6) is 0. The Morgan fingerprint density at radius 1 is 0.526 bits per heavy atom. The minimum atomic E-state index is 0.361. The first-order valence-electron chi connectivity index (χ1n) is 4.94. The number of benzene rings is 2. The molecule has 2 aromatic carbocycles. The van der Waals surface area contributed by atoms with E-state index < -0.39 is 0 Å². The fraction of sp³-hybridized carbons (Fsp3) is 0. The van der Waals surface area contributed by atoms with Crippen molar-refractivity contribution in [1.82, 2.24) is 0 Å². The summed E-state index contributed by atoms with van der Waals surface area (Å²) in [4.78, 5) is 0. The largest absolute Gasteiger partial charge is 0.0842 e. The average Bonchev–Trinajstić information content (AvgIpc) is 2.25. The van der Waals surface area contributed by atoms with Crippen LogP contribution in [0.25, 0.3) is 0 Å². The van der Waals surface area contributed by atoms with Crippen molar-refractivity contribution in [3.63, 3.8) is 0 Å². The van der Waals surface area contributed by atoms with Gasteiger partial charge in [-0.3, -0.25) is 0 Å². The van der Waals surface area contributed by atoms with Gasteiger partial charge in [0.25, 0.3) is 0 Å². The lowest BCUT2D eigenvalue weighted by Gasteiger charge is -2.10. The van der Waals surface area contributed by atoms with E-state index in [-0.39, 0.29) is 0 Å². The molecule has 0 aliphatic carbocycles. The molecule has 0 unspecified atom stereocenters. The molecule has 6 heteroatoms. The third-order valence-electron chi connectivity index (χ3n) is 2.26. The SMILES string of the molecule is Clc1cc(Cl)c([C]c2c(Cl)cc(Cl)cc2Cl)c(Cl)c1. The van der Waals surface area contributed by atoms with Crippen LogP contribution >= 0.6 is 69.6 Å². The lowest BCUT2D eigenvalue weighted by Crippen LogP contribution is -1.91. The lowest BCUT2D eigenvalue weighted by atomic mass is 10.0. The van der Waals surface area contributed by atoms with Gasteiger partial charge >= 0.3 is 0 Å². The van der Waals surface area contributed by atoms with E-state index in [0.29, 0.717) is 41.3 Å². The highest BCUT2D eigenvalue weighted by Crippen LogP contribution is 2.37. The number of halogens is 6. The van der Waals surface area contributed by atoms with Gasteiger partial charge in [-0.2, -0.15) is 0 Å². The van der Waals surface area contributed by atoms with Gasteiger partial charge < -0.3 is 0 Å². The Morgan fingerprint density at radius 3 is 1.05 bits per heavy atom. The van der Waals surface area contributed by atoms with Crippen molar-refractivity contribution in [3.05, 3.63) is 71.9 Å². The van der Waals surface area contributed by atoms with Crippen LogP contribution in [-0.4, -0.2) is 0 Å². The smallest absolute Gasteiger partial charge is 0.0565 e. The monoisotopic (exact) mass is 370 g/mol. The summed E-state index contributed by atoms with van der Waals surface area (Å²) in [5, 5.41) is 2.32. The van der Waals surface area contributed by atoms with E-state index in [1.54, 1.807) is 24.3 Å². The molecule has 19 heavy (non-hydrogen) atoms. The highest BCUT2D eigenvalue weighted by atomic mass is 35.5. The minimum Gasteiger partial charge on any atom is -0.0842 e. The molecule has 0 aromatic heterocycles. The van der Waals surface area contributed by atoms with Crippen molar-refractivity contribution >= 4 is 69.6 Å². The molecule has 0 fully saturated rings. The van der Waals surface area contributed by atoms with Gasteiger partial charge in [0.05, 0.1) is 6.42 Å². The molecule has 0 amide bonds. The molecule has 0 atom stereocenters. The molecule has 2 aromatic rings. The molecule has 0 aliphatic heterocycles. The second-order valence-corrected chi connectivity index (χ2v) is 6.12. The van der Waals surface area contributed by atoms with Crippen molar-refractivity contribution < 1.29 is 0 Å². The van der Waals surface area contributed by atoms with Crippen LogP contribution in [-0.2, 0) is 0 Å². The lowest BCUT2D eigenvalue weighted by molar-refractivity contribution is 1.43. The van der Waals surface area contributed by atoms with E-state index >= 15 is 0 Å². The Kier molecular flexibility index (Phi) is 5.16. The van der Waals surface area contributed by atoms with Gasteiger partial charge in [0.2, 0.25) is 0 Å². The fourth-order valence-electron chi connectivity index (χ4n) is 1.45. The maximum absolute atomic E-state index is 6.08. The van der Waals surface area contributed by atoms with E-state index in [0.717, 1.165) is 0 Å². The van der Waals surface area contributed by atoms with Crippen LogP contribution in [0.5, 0.6) is 0 Å². The van der Waals surface area contributed by atoms with Gasteiger partial charge in [-0.25, -0.2) is 0 Å². The number of rotatable bonds is 2. The van der Waals surface area contributed by atoms with E-state index in [2.05, 4.69) is 6.42 Å². The van der Waals surface area contributed by atoms with Gasteiger partial charge in [-0.15, -0.1) is 0 Å². The average molecular weight is 373 g/mol. The summed E-state index contributed by atoms with van der Waals surface area (Å²) >= 11 is 36.0. The second kappa shape index (κ2) is 6.30. The zero-order valence-electron chi connectivity index (χ0n) is 9.08. The Hall–Kier alpha value is 0.180. The predicted molar refractivity (Wildman–Crippen MR) is 84.4 cm³/mol. The minimum absolute atomic E-state index is 0.361. The number of hydrogen-bond acceptors (Lipinski definition) is 0. The highest BCUT2D eigenvalue weighted by molar-refractivity contribution is 6.41. The zero-order chi connectivity index (χ0) is 14.2. The van der Waals surface area contributed by atoms with Crippen molar-refractivity contribution in [1.29, 1.82) is 0 Å². The third kappa shape index (κ3) is 3.64. The standard InChI is InChI=1S/C13H4Cl6/c14-6-1-10(16)8(11(17)2-6)5-9-12(18)3-7(15)4-13(9)19/h1-4H. The molecule has 0 saturated heterocycles. The molecular weight excluding hydrogens is 369 g/mol. The van der Waals surface area contributed by atoms with E-state index in [4.69, 9.17) is 69.6 Å². The van der Waals surface area contributed by atoms with Crippen molar-refractivity contribution in [2.24, 2.45) is 0 Å². The van der Waals surface area contributed by atoms with E-state index in [1.165, 1.54) is 0 Å². The van der Waals surface area contributed by atoms with E-state index in [9.17, 15) is 0 Å². The summed E-state index contributed by atoms with van der Waals surface area (Å²) in [6.45, 7) is 0. The molecule has 98 valence electrons. The summed E-state index contributed by atoms with van der Waals surface area (Å²) in [6, 6.07) is 6.26. The molecule has 0 saturated carbocycles. The van der Waals surface area contributed by atoms with Gasteiger partial charge in [-0.1, -0.05) is 69.6 Å². The van der Waals surface area contributed by atoms with Gasteiger partial charge in [0.15, 0.2) is 0 Å². The van der Waals surface area contributed by atoms with Crippen molar-refractivity contribution in [2.45, 2.75) is 0 Å². The molecule has 2 radical (unpaired) electrons. The molecule has 0 N–H and O–H groups in total. The topological polar surface area (TPSA) is 0 Å². The first-order chi connectivity index (χ1) is 8.88. The van der Waals surface area contributed by atoms with E-state index in [1.807, 2.05) is 0 Å². The summed E-state index contributed by atoms with van der Waals surface area (Å²) in [5.41, 5.74) is 0.942. The van der Waals surface area contributed by atoms with Gasteiger partial charge in [-0.05, 0) is 24.3 Å². The first kappa shape index (κ1) is 15.6. The van der Waals surface area contributed by atoms with Gasteiger partial charge in [0.1, 0.15) is 0 Å². The van der Waals surface area contributed by atoms with Crippen molar-refractivity contribution in [3.8, 4) is 0 Å². The van der Waals surface area contributed by atoms with Crippen LogP contribution in [0.2, 0.25) is 30.1 Å². The molecule has 2 rings (SSSR count). The normalized spacial score (nSPS) is 10.8. The van der Waals surface area contributed by atoms with Crippen LogP contribution in [0.4, 0.5) is 0 Å². The van der Waals surface area contributed by atoms with Crippen LogP contribution in [0.1, 0.15) is 11.1 Å². The van der Waals surface area contributed by atoms with Crippen LogP contribution in [0.3, 0.4) is 0 Å². The third-order valence-corrected chi connectivity index (χ3v) is 3.89. The molecule has 0 aliphatic rings. The highest BCUT2D eigenvalue weighted by Gasteiger charge is 2.15. The fourth-order valence-corrected chi connectivity index (χ4v) is 3.27. The summed E-state index contributed by atoms with van der Waals surface area (Å²) < 4.78 is 0. The molecule has 0 nitrogen and oxygen atoms in total. The van der Waals surface area contributed by atoms with Crippen LogP contribution < -0.4 is 0 Å². The maximum Gasteiger partial charge on any atom is 0.0565 e.